The minimum Gasteiger partial charge on any atom is -0.397 e. The fourth-order valence-corrected chi connectivity index (χ4v) is 3.39. The maximum absolute atomic E-state index is 5.99. The van der Waals surface area contributed by atoms with Crippen molar-refractivity contribution in [2.45, 2.75) is 26.2 Å². The number of nitrogens with zero attached hydrogens (tertiary/aromatic N) is 3. The Balaban J connectivity index is 2.09. The summed E-state index contributed by atoms with van der Waals surface area (Å²) in [5.74, 6) is 0. The number of hydrogen-bond acceptors (Lipinski definition) is 3. The topological polar surface area (TPSA) is 56.7 Å². The number of rotatable bonds is 1. The molecule has 4 nitrogen and oxygen atoms in total. The van der Waals surface area contributed by atoms with Gasteiger partial charge in [0.1, 0.15) is 11.0 Å². The smallest absolute Gasteiger partial charge is 0.130 e. The van der Waals surface area contributed by atoms with Crippen molar-refractivity contribution in [3.05, 3.63) is 44.8 Å². The van der Waals surface area contributed by atoms with Gasteiger partial charge in [0.2, 0.25) is 0 Å². The molecule has 22 heavy (non-hydrogen) atoms. The lowest BCUT2D eigenvalue weighted by atomic mass is 9.87. The Morgan fingerprint density at radius 1 is 1.05 bits per heavy atom. The van der Waals surface area contributed by atoms with Crippen LogP contribution in [0, 0.1) is 0 Å². The molecule has 0 unspecified atom stereocenters. The molecule has 0 spiro atoms. The van der Waals surface area contributed by atoms with E-state index < -0.39 is 0 Å². The lowest BCUT2D eigenvalue weighted by Gasteiger charge is -2.18. The highest BCUT2D eigenvalue weighted by atomic mass is 79.9. The van der Waals surface area contributed by atoms with E-state index in [9.17, 15) is 0 Å². The highest BCUT2D eigenvalue weighted by molar-refractivity contribution is 9.11. The molecule has 2 aromatic carbocycles. The zero-order chi connectivity index (χ0) is 16.1. The van der Waals surface area contributed by atoms with E-state index in [1.54, 1.807) is 4.80 Å². The standard InChI is InChI=1S/C16H16Br2N4/c1-16(2,3)9-4-6-10(7-5-9)22-20-12-8-11(17)14(19)13(18)15(12)21-22/h4-8H,19H2,1-3H3. The number of nitrogens with two attached hydrogens (primary N) is 1. The third-order valence-electron chi connectivity index (χ3n) is 3.57. The van der Waals surface area contributed by atoms with Crippen molar-refractivity contribution in [1.82, 2.24) is 15.0 Å². The monoisotopic (exact) mass is 422 g/mol. The Kier molecular flexibility index (Phi) is 3.77. The second-order valence-corrected chi connectivity index (χ2v) is 7.89. The molecule has 0 saturated heterocycles. The van der Waals surface area contributed by atoms with Crippen molar-refractivity contribution in [2.24, 2.45) is 0 Å². The Hall–Kier alpha value is -1.40. The van der Waals surface area contributed by atoms with Gasteiger partial charge in [-0.3, -0.25) is 0 Å². The summed E-state index contributed by atoms with van der Waals surface area (Å²) in [5.41, 5.74) is 10.5. The van der Waals surface area contributed by atoms with Gasteiger partial charge in [-0.2, -0.15) is 4.80 Å². The predicted molar refractivity (Wildman–Crippen MR) is 97.4 cm³/mol. The molecule has 3 rings (SSSR count). The summed E-state index contributed by atoms with van der Waals surface area (Å²) in [4.78, 5) is 1.63. The van der Waals surface area contributed by atoms with Crippen LogP contribution in [0.25, 0.3) is 16.7 Å². The first-order chi connectivity index (χ1) is 10.3. The van der Waals surface area contributed by atoms with E-state index >= 15 is 0 Å². The van der Waals surface area contributed by atoms with Crippen LogP contribution in [0.4, 0.5) is 5.69 Å². The van der Waals surface area contributed by atoms with Crippen LogP contribution in [0.3, 0.4) is 0 Å². The molecule has 0 aliphatic heterocycles. The first-order valence-corrected chi connectivity index (χ1v) is 8.47. The maximum atomic E-state index is 5.99. The number of hydrogen-bond donors (Lipinski definition) is 1. The van der Waals surface area contributed by atoms with Crippen LogP contribution in [-0.4, -0.2) is 15.0 Å². The summed E-state index contributed by atoms with van der Waals surface area (Å²) in [6.07, 6.45) is 0. The second kappa shape index (κ2) is 5.35. The van der Waals surface area contributed by atoms with Crippen molar-refractivity contribution >= 4 is 48.6 Å². The average Bonchev–Trinajstić information content (AvgIpc) is 2.88. The lowest BCUT2D eigenvalue weighted by Crippen LogP contribution is -2.11. The van der Waals surface area contributed by atoms with E-state index in [2.05, 4.69) is 75.0 Å². The fraction of sp³-hybridized carbons (Fsp3) is 0.250. The molecular formula is C16H16Br2N4. The second-order valence-electron chi connectivity index (χ2n) is 6.24. The van der Waals surface area contributed by atoms with Crippen molar-refractivity contribution < 1.29 is 0 Å². The van der Waals surface area contributed by atoms with Crippen LogP contribution in [-0.2, 0) is 5.41 Å². The lowest BCUT2D eigenvalue weighted by molar-refractivity contribution is 0.589. The van der Waals surface area contributed by atoms with Crippen LogP contribution >= 0.6 is 31.9 Å². The van der Waals surface area contributed by atoms with Gasteiger partial charge in [0, 0.05) is 4.47 Å². The van der Waals surface area contributed by atoms with Gasteiger partial charge in [0.15, 0.2) is 0 Å². The Bertz CT molecular complexity index is 845. The minimum atomic E-state index is 0.128. The molecule has 0 amide bonds. The minimum absolute atomic E-state index is 0.128. The van der Waals surface area contributed by atoms with Gasteiger partial charge in [-0.1, -0.05) is 32.9 Å². The molecule has 3 aromatic rings. The fourth-order valence-electron chi connectivity index (χ4n) is 2.21. The molecule has 0 aliphatic carbocycles. The van der Waals surface area contributed by atoms with E-state index in [1.807, 2.05) is 18.2 Å². The quantitative estimate of drug-likeness (QED) is 0.570. The highest BCUT2D eigenvalue weighted by Crippen LogP contribution is 2.34. The van der Waals surface area contributed by atoms with E-state index in [-0.39, 0.29) is 5.41 Å². The first kappa shape index (κ1) is 15.5. The summed E-state index contributed by atoms with van der Waals surface area (Å²) >= 11 is 6.92. The van der Waals surface area contributed by atoms with Crippen LogP contribution in [0.1, 0.15) is 26.3 Å². The molecule has 6 heteroatoms. The SMILES string of the molecule is CC(C)(C)c1ccc(-n2nc3cc(Br)c(N)c(Br)c3n2)cc1. The average molecular weight is 424 g/mol. The van der Waals surface area contributed by atoms with Crippen molar-refractivity contribution in [3.63, 3.8) is 0 Å². The third kappa shape index (κ3) is 2.65. The summed E-state index contributed by atoms with van der Waals surface area (Å²) in [6, 6.07) is 10.2. The Morgan fingerprint density at radius 2 is 1.68 bits per heavy atom. The molecule has 0 atom stereocenters. The van der Waals surface area contributed by atoms with Crippen LogP contribution < -0.4 is 5.73 Å². The molecule has 0 radical (unpaired) electrons. The summed E-state index contributed by atoms with van der Waals surface area (Å²) in [5, 5.41) is 9.06. The van der Waals surface area contributed by atoms with Crippen LogP contribution in [0.2, 0.25) is 0 Å². The molecule has 1 heterocycles. The number of nitrogen functional groups attached to an aromatic ring is 1. The van der Waals surface area contributed by atoms with Crippen molar-refractivity contribution in [1.29, 1.82) is 0 Å². The van der Waals surface area contributed by atoms with Crippen molar-refractivity contribution in [3.8, 4) is 5.69 Å². The van der Waals surface area contributed by atoms with Gasteiger partial charge in [-0.15, -0.1) is 10.2 Å². The predicted octanol–water partition coefficient (Wildman–Crippen LogP) is 4.83. The zero-order valence-electron chi connectivity index (χ0n) is 12.6. The summed E-state index contributed by atoms with van der Waals surface area (Å²) < 4.78 is 1.57. The number of benzene rings is 2. The molecule has 0 saturated carbocycles. The number of fused-ring (bicyclic) bond motifs is 1. The number of halogens is 2. The molecule has 114 valence electrons. The molecule has 0 aliphatic rings. The third-order valence-corrected chi connectivity index (χ3v) is 5.03. The summed E-state index contributed by atoms with van der Waals surface area (Å²) in [7, 11) is 0. The highest BCUT2D eigenvalue weighted by Gasteiger charge is 2.15. The molecule has 2 N–H and O–H groups in total. The van der Waals surface area contributed by atoms with E-state index in [0.29, 0.717) is 5.69 Å². The zero-order valence-corrected chi connectivity index (χ0v) is 15.7. The van der Waals surface area contributed by atoms with Gasteiger partial charge in [-0.05, 0) is 61.0 Å². The van der Waals surface area contributed by atoms with Gasteiger partial charge < -0.3 is 5.73 Å². The number of aromatic nitrogens is 3. The van der Waals surface area contributed by atoms with E-state index in [1.165, 1.54) is 5.56 Å². The number of anilines is 1. The van der Waals surface area contributed by atoms with Crippen molar-refractivity contribution in [2.75, 3.05) is 5.73 Å². The Labute approximate surface area is 146 Å². The largest absolute Gasteiger partial charge is 0.397 e. The van der Waals surface area contributed by atoms with E-state index in [0.717, 1.165) is 25.7 Å². The normalized spacial score (nSPS) is 12.0. The first-order valence-electron chi connectivity index (χ1n) is 6.89. The summed E-state index contributed by atoms with van der Waals surface area (Å²) in [6.45, 7) is 6.58. The van der Waals surface area contributed by atoms with E-state index in [4.69, 9.17) is 5.73 Å². The van der Waals surface area contributed by atoms with Crippen LogP contribution in [0.5, 0.6) is 0 Å². The molecule has 1 aromatic heterocycles. The molecule has 0 bridgehead atoms. The van der Waals surface area contributed by atoms with Gasteiger partial charge in [0.05, 0.1) is 15.8 Å². The van der Waals surface area contributed by atoms with Crippen LogP contribution in [0.15, 0.2) is 39.3 Å². The van der Waals surface area contributed by atoms with Gasteiger partial charge >= 0.3 is 0 Å². The van der Waals surface area contributed by atoms with Gasteiger partial charge in [-0.25, -0.2) is 0 Å². The Morgan fingerprint density at radius 3 is 2.27 bits per heavy atom. The van der Waals surface area contributed by atoms with Gasteiger partial charge in [0.25, 0.3) is 0 Å². The maximum Gasteiger partial charge on any atom is 0.130 e. The molecular weight excluding hydrogens is 408 g/mol. The molecule has 0 fully saturated rings.